The fourth-order valence-electron chi connectivity index (χ4n) is 4.85. The number of nitrogens with one attached hydrogen (secondary N) is 1. The van der Waals surface area contributed by atoms with Gasteiger partial charge in [0.25, 0.3) is 5.91 Å². The number of anilines is 1. The van der Waals surface area contributed by atoms with E-state index in [0.29, 0.717) is 5.69 Å². The van der Waals surface area contributed by atoms with Gasteiger partial charge in [0.1, 0.15) is 12.0 Å². The van der Waals surface area contributed by atoms with E-state index in [2.05, 4.69) is 20.1 Å². The van der Waals surface area contributed by atoms with Crippen molar-refractivity contribution in [1.29, 1.82) is 0 Å². The zero-order valence-electron chi connectivity index (χ0n) is 15.1. The molecular weight excluding hydrogens is 328 g/mol. The Bertz CT molecular complexity index is 799. The minimum Gasteiger partial charge on any atom is -0.460 e. The van der Waals surface area contributed by atoms with Crippen LogP contribution >= 0.6 is 0 Å². The Labute approximate surface area is 153 Å². The van der Waals surface area contributed by atoms with Crippen molar-refractivity contribution in [1.82, 2.24) is 15.2 Å². The average molecular weight is 354 g/mol. The number of fused-ring (bicyclic) bond motifs is 3. The second-order valence-corrected chi connectivity index (χ2v) is 8.05. The number of furan rings is 1. The summed E-state index contributed by atoms with van der Waals surface area (Å²) in [5.41, 5.74) is 2.34. The summed E-state index contributed by atoms with van der Waals surface area (Å²) in [6.07, 6.45) is 9.58. The molecule has 1 N–H and O–H groups in total. The van der Waals surface area contributed by atoms with Crippen molar-refractivity contribution in [3.05, 3.63) is 24.2 Å². The fraction of sp³-hybridized carbons (Fsp3) is 0.600. The maximum Gasteiger partial charge on any atom is 0.270 e. The molecule has 3 aliphatic rings. The van der Waals surface area contributed by atoms with Crippen molar-refractivity contribution < 1.29 is 9.21 Å². The van der Waals surface area contributed by atoms with E-state index in [1.807, 2.05) is 12.3 Å². The lowest BCUT2D eigenvalue weighted by atomic mass is 9.97. The van der Waals surface area contributed by atoms with Gasteiger partial charge in [0.2, 0.25) is 0 Å². The SMILES string of the molecule is O=C(NC1CC2CCN(C2)C1)c1cc2c(N3CCCCC3)coc2cn1. The molecular formula is C20H26N4O2. The topological polar surface area (TPSA) is 61.6 Å². The molecule has 0 aliphatic carbocycles. The number of carbonyl (C=O) groups is 1. The Morgan fingerprint density at radius 1 is 1.19 bits per heavy atom. The van der Waals surface area contributed by atoms with Crippen molar-refractivity contribution in [2.75, 3.05) is 37.6 Å². The van der Waals surface area contributed by atoms with Gasteiger partial charge in [0.05, 0.1) is 11.9 Å². The minimum atomic E-state index is -0.0646. The first-order valence-electron chi connectivity index (χ1n) is 9.92. The summed E-state index contributed by atoms with van der Waals surface area (Å²) < 4.78 is 5.68. The molecule has 1 amide bonds. The number of aromatic nitrogens is 1. The van der Waals surface area contributed by atoms with Crippen LogP contribution in [0.4, 0.5) is 5.69 Å². The third-order valence-corrected chi connectivity index (χ3v) is 6.17. The predicted molar refractivity (Wildman–Crippen MR) is 100 cm³/mol. The molecule has 2 aromatic rings. The van der Waals surface area contributed by atoms with Crippen LogP contribution < -0.4 is 10.2 Å². The molecule has 5 heterocycles. The van der Waals surface area contributed by atoms with Crippen molar-refractivity contribution in [2.24, 2.45) is 5.92 Å². The summed E-state index contributed by atoms with van der Waals surface area (Å²) >= 11 is 0. The summed E-state index contributed by atoms with van der Waals surface area (Å²) in [5.74, 6) is 0.675. The lowest BCUT2D eigenvalue weighted by Crippen LogP contribution is -2.47. The van der Waals surface area contributed by atoms with Crippen LogP contribution in [0.2, 0.25) is 0 Å². The number of rotatable bonds is 3. The molecule has 5 rings (SSSR count). The van der Waals surface area contributed by atoms with Gasteiger partial charge < -0.3 is 19.5 Å². The molecule has 6 heteroatoms. The number of hydrogen-bond donors (Lipinski definition) is 1. The van der Waals surface area contributed by atoms with Gasteiger partial charge in [-0.05, 0) is 50.6 Å². The lowest BCUT2D eigenvalue weighted by molar-refractivity contribution is 0.0904. The number of hydrogen-bond acceptors (Lipinski definition) is 5. The smallest absolute Gasteiger partial charge is 0.270 e. The Hall–Kier alpha value is -2.08. The molecule has 3 unspecified atom stereocenters. The van der Waals surface area contributed by atoms with Crippen LogP contribution in [0.3, 0.4) is 0 Å². The van der Waals surface area contributed by atoms with Crippen molar-refractivity contribution in [3.8, 4) is 0 Å². The van der Waals surface area contributed by atoms with E-state index in [-0.39, 0.29) is 11.9 Å². The van der Waals surface area contributed by atoms with Gasteiger partial charge in [-0.1, -0.05) is 0 Å². The molecule has 6 nitrogen and oxygen atoms in total. The van der Waals surface area contributed by atoms with Gasteiger partial charge in [-0.2, -0.15) is 0 Å². The highest BCUT2D eigenvalue weighted by Gasteiger charge is 2.33. The van der Waals surface area contributed by atoms with E-state index in [1.165, 1.54) is 38.8 Å². The standard InChI is InChI=1S/C20H26N4O2/c25-20(22-15-8-14-4-7-23(11-14)12-15)17-9-16-18(13-26-19(16)10-21-17)24-5-2-1-3-6-24/h9-10,13-15H,1-8,11-12H2,(H,22,25). The van der Waals surface area contributed by atoms with Gasteiger partial charge in [0.15, 0.2) is 5.58 Å². The largest absolute Gasteiger partial charge is 0.460 e. The fourth-order valence-corrected chi connectivity index (χ4v) is 4.85. The van der Waals surface area contributed by atoms with E-state index < -0.39 is 0 Å². The molecule has 0 aromatic carbocycles. The second-order valence-electron chi connectivity index (χ2n) is 8.05. The number of nitrogens with zero attached hydrogens (tertiary/aromatic N) is 3. The zero-order chi connectivity index (χ0) is 17.5. The van der Waals surface area contributed by atoms with E-state index in [0.717, 1.165) is 48.6 Å². The van der Waals surface area contributed by atoms with Crippen molar-refractivity contribution >= 4 is 22.6 Å². The summed E-state index contributed by atoms with van der Waals surface area (Å²) in [6, 6.07) is 2.14. The van der Waals surface area contributed by atoms with Crippen LogP contribution in [-0.4, -0.2) is 54.6 Å². The Morgan fingerprint density at radius 2 is 2.08 bits per heavy atom. The first-order chi connectivity index (χ1) is 12.8. The van der Waals surface area contributed by atoms with E-state index in [9.17, 15) is 4.79 Å². The third kappa shape index (κ3) is 2.96. The van der Waals surface area contributed by atoms with Crippen LogP contribution in [0.5, 0.6) is 0 Å². The predicted octanol–water partition coefficient (Wildman–Crippen LogP) is 2.64. The monoisotopic (exact) mass is 354 g/mol. The molecule has 0 radical (unpaired) electrons. The van der Waals surface area contributed by atoms with Crippen molar-refractivity contribution in [2.45, 2.75) is 38.1 Å². The van der Waals surface area contributed by atoms with E-state index in [1.54, 1.807) is 6.20 Å². The molecule has 3 fully saturated rings. The number of pyridine rings is 1. The van der Waals surface area contributed by atoms with Crippen LogP contribution in [0, 0.1) is 5.92 Å². The quantitative estimate of drug-likeness (QED) is 0.918. The van der Waals surface area contributed by atoms with Crippen LogP contribution in [-0.2, 0) is 0 Å². The molecule has 26 heavy (non-hydrogen) atoms. The first kappa shape index (κ1) is 16.1. The van der Waals surface area contributed by atoms with Crippen LogP contribution in [0.15, 0.2) is 22.9 Å². The summed E-state index contributed by atoms with van der Waals surface area (Å²) in [4.78, 5) is 21.9. The number of piperidine rings is 2. The molecule has 2 bridgehead atoms. The highest BCUT2D eigenvalue weighted by Crippen LogP contribution is 2.31. The van der Waals surface area contributed by atoms with E-state index in [4.69, 9.17) is 4.42 Å². The highest BCUT2D eigenvalue weighted by molar-refractivity contribution is 5.99. The zero-order valence-corrected chi connectivity index (χ0v) is 15.1. The van der Waals surface area contributed by atoms with Crippen LogP contribution in [0.1, 0.15) is 42.6 Å². The Balaban J connectivity index is 1.35. The first-order valence-corrected chi connectivity index (χ1v) is 9.92. The molecule has 3 aliphatic heterocycles. The highest BCUT2D eigenvalue weighted by atomic mass is 16.3. The second kappa shape index (κ2) is 6.58. The molecule has 3 atom stereocenters. The maximum atomic E-state index is 12.8. The third-order valence-electron chi connectivity index (χ3n) is 6.17. The molecule has 0 saturated carbocycles. The number of amides is 1. The normalized spacial score (nSPS) is 28.5. The summed E-state index contributed by atoms with van der Waals surface area (Å²) in [6.45, 7) is 5.45. The van der Waals surface area contributed by atoms with Gasteiger partial charge in [-0.3, -0.25) is 4.79 Å². The molecule has 2 aromatic heterocycles. The van der Waals surface area contributed by atoms with E-state index >= 15 is 0 Å². The van der Waals surface area contributed by atoms with Gasteiger partial charge in [0, 0.05) is 37.6 Å². The summed E-state index contributed by atoms with van der Waals surface area (Å²) in [5, 5.41) is 4.20. The lowest BCUT2D eigenvalue weighted by Gasteiger charge is -2.30. The van der Waals surface area contributed by atoms with Crippen molar-refractivity contribution in [3.63, 3.8) is 0 Å². The maximum absolute atomic E-state index is 12.8. The Morgan fingerprint density at radius 3 is 2.92 bits per heavy atom. The van der Waals surface area contributed by atoms with Gasteiger partial charge in [-0.15, -0.1) is 0 Å². The van der Waals surface area contributed by atoms with Gasteiger partial charge >= 0.3 is 0 Å². The molecule has 3 saturated heterocycles. The average Bonchev–Trinajstić information content (AvgIpc) is 3.24. The van der Waals surface area contributed by atoms with Crippen LogP contribution in [0.25, 0.3) is 11.0 Å². The molecule has 138 valence electrons. The minimum absolute atomic E-state index is 0.0646. The van der Waals surface area contributed by atoms with Gasteiger partial charge in [-0.25, -0.2) is 4.98 Å². The summed E-state index contributed by atoms with van der Waals surface area (Å²) in [7, 11) is 0. The Kier molecular flexibility index (Phi) is 4.08. The number of carbonyl (C=O) groups excluding carboxylic acids is 1. The molecule has 0 spiro atoms.